The molecule has 1 aromatic rings. The standard InChI is InChI=1S/C9H10O5S/c10-9-5-1-3-8(7-9)4-2-6-14-15(11,12)13/h1-5,7,10H,6H2,(H,11,12,13)/b4-2+. The molecule has 0 aromatic heterocycles. The van der Waals surface area contributed by atoms with E-state index in [9.17, 15) is 8.42 Å². The van der Waals surface area contributed by atoms with Crippen molar-refractivity contribution in [2.75, 3.05) is 6.61 Å². The van der Waals surface area contributed by atoms with E-state index in [1.165, 1.54) is 18.2 Å². The molecule has 0 atom stereocenters. The van der Waals surface area contributed by atoms with Crippen LogP contribution in [-0.4, -0.2) is 24.7 Å². The van der Waals surface area contributed by atoms with Gasteiger partial charge in [-0.1, -0.05) is 24.3 Å². The molecule has 0 saturated heterocycles. The molecule has 0 radical (unpaired) electrons. The zero-order valence-electron chi connectivity index (χ0n) is 7.70. The summed E-state index contributed by atoms with van der Waals surface area (Å²) in [6.07, 6.45) is 2.97. The molecule has 2 N–H and O–H groups in total. The fourth-order valence-electron chi connectivity index (χ4n) is 0.938. The third-order valence-electron chi connectivity index (χ3n) is 1.49. The largest absolute Gasteiger partial charge is 0.508 e. The van der Waals surface area contributed by atoms with Crippen LogP contribution in [0.15, 0.2) is 30.3 Å². The topological polar surface area (TPSA) is 83.8 Å². The Morgan fingerprint density at radius 1 is 1.40 bits per heavy atom. The van der Waals surface area contributed by atoms with Crippen LogP contribution >= 0.6 is 0 Å². The highest BCUT2D eigenvalue weighted by Crippen LogP contribution is 2.11. The Morgan fingerprint density at radius 2 is 2.13 bits per heavy atom. The number of aromatic hydroxyl groups is 1. The van der Waals surface area contributed by atoms with Crippen LogP contribution in [0.4, 0.5) is 0 Å². The number of phenols is 1. The minimum atomic E-state index is -4.39. The van der Waals surface area contributed by atoms with E-state index in [0.717, 1.165) is 0 Å². The summed E-state index contributed by atoms with van der Waals surface area (Å²) < 4.78 is 32.6. The SMILES string of the molecule is O=S(=O)(O)OC/C=C/c1cccc(O)c1. The molecule has 15 heavy (non-hydrogen) atoms. The first kappa shape index (κ1) is 11.7. The predicted molar refractivity (Wildman–Crippen MR) is 54.6 cm³/mol. The van der Waals surface area contributed by atoms with Crippen LogP contribution < -0.4 is 0 Å². The zero-order valence-corrected chi connectivity index (χ0v) is 8.52. The van der Waals surface area contributed by atoms with Gasteiger partial charge < -0.3 is 5.11 Å². The molecule has 0 aliphatic rings. The molecule has 0 aliphatic carbocycles. The number of benzene rings is 1. The lowest BCUT2D eigenvalue weighted by atomic mass is 10.2. The summed E-state index contributed by atoms with van der Waals surface area (Å²) in [5.74, 6) is 0.118. The van der Waals surface area contributed by atoms with Gasteiger partial charge in [-0.05, 0) is 17.7 Å². The van der Waals surface area contributed by atoms with E-state index < -0.39 is 10.4 Å². The van der Waals surface area contributed by atoms with Gasteiger partial charge in [-0.15, -0.1) is 0 Å². The van der Waals surface area contributed by atoms with Gasteiger partial charge in [0.2, 0.25) is 0 Å². The van der Waals surface area contributed by atoms with Crippen LogP contribution in [0.1, 0.15) is 5.56 Å². The van der Waals surface area contributed by atoms with Gasteiger partial charge in [0.15, 0.2) is 0 Å². The summed E-state index contributed by atoms with van der Waals surface area (Å²) in [6.45, 7) is -0.255. The molecule has 1 rings (SSSR count). The first-order valence-corrected chi connectivity index (χ1v) is 5.41. The normalized spacial score (nSPS) is 12.1. The van der Waals surface area contributed by atoms with E-state index in [4.69, 9.17) is 9.66 Å². The maximum absolute atomic E-state index is 10.2. The summed E-state index contributed by atoms with van der Waals surface area (Å²) >= 11 is 0. The minimum absolute atomic E-state index is 0.118. The highest BCUT2D eigenvalue weighted by molar-refractivity contribution is 7.80. The maximum atomic E-state index is 10.2. The first-order chi connectivity index (χ1) is 6.97. The van der Waals surface area contributed by atoms with Gasteiger partial charge in [0.05, 0.1) is 6.61 Å². The maximum Gasteiger partial charge on any atom is 0.397 e. The fourth-order valence-corrected chi connectivity index (χ4v) is 1.19. The Bertz CT molecular complexity index is 449. The lowest BCUT2D eigenvalue weighted by Crippen LogP contribution is -2.02. The van der Waals surface area contributed by atoms with Gasteiger partial charge >= 0.3 is 10.4 Å². The quantitative estimate of drug-likeness (QED) is 0.760. The molecule has 0 fully saturated rings. The summed E-state index contributed by atoms with van der Waals surface area (Å²) in [7, 11) is -4.39. The summed E-state index contributed by atoms with van der Waals surface area (Å²) in [5.41, 5.74) is 0.703. The second-order valence-corrected chi connectivity index (χ2v) is 3.80. The van der Waals surface area contributed by atoms with E-state index in [1.54, 1.807) is 18.2 Å². The molecule has 6 heteroatoms. The van der Waals surface area contributed by atoms with Crippen LogP contribution in [0.3, 0.4) is 0 Å². The number of hydrogen-bond acceptors (Lipinski definition) is 4. The van der Waals surface area contributed by atoms with E-state index in [1.807, 2.05) is 0 Å². The summed E-state index contributed by atoms with van der Waals surface area (Å²) in [4.78, 5) is 0. The van der Waals surface area contributed by atoms with E-state index in [0.29, 0.717) is 5.56 Å². The average molecular weight is 230 g/mol. The van der Waals surface area contributed by atoms with Crippen molar-refractivity contribution in [2.45, 2.75) is 0 Å². The molecule has 0 saturated carbocycles. The van der Waals surface area contributed by atoms with E-state index in [-0.39, 0.29) is 12.4 Å². The lowest BCUT2D eigenvalue weighted by Gasteiger charge is -1.95. The molecule has 0 aliphatic heterocycles. The van der Waals surface area contributed by atoms with Crippen molar-refractivity contribution < 1.29 is 22.3 Å². The Morgan fingerprint density at radius 3 is 2.73 bits per heavy atom. The fraction of sp³-hybridized carbons (Fsp3) is 0.111. The molecular weight excluding hydrogens is 220 g/mol. The molecule has 0 unspecified atom stereocenters. The Kier molecular flexibility index (Phi) is 3.84. The van der Waals surface area contributed by atoms with Crippen LogP contribution in [0.25, 0.3) is 6.08 Å². The highest BCUT2D eigenvalue weighted by atomic mass is 32.3. The highest BCUT2D eigenvalue weighted by Gasteiger charge is 2.00. The van der Waals surface area contributed by atoms with Crippen molar-refractivity contribution in [3.8, 4) is 5.75 Å². The first-order valence-electron chi connectivity index (χ1n) is 4.05. The van der Waals surface area contributed by atoms with E-state index >= 15 is 0 Å². The van der Waals surface area contributed by atoms with Crippen LogP contribution in [-0.2, 0) is 14.6 Å². The Hall–Kier alpha value is -1.37. The van der Waals surface area contributed by atoms with Gasteiger partial charge in [0.25, 0.3) is 0 Å². The van der Waals surface area contributed by atoms with Gasteiger partial charge in [-0.25, -0.2) is 4.18 Å². The zero-order chi connectivity index (χ0) is 11.3. The van der Waals surface area contributed by atoms with Gasteiger partial charge in [0.1, 0.15) is 5.75 Å². The van der Waals surface area contributed by atoms with Crippen molar-refractivity contribution >= 4 is 16.5 Å². The molecule has 0 bridgehead atoms. The van der Waals surface area contributed by atoms with Gasteiger partial charge in [-0.3, -0.25) is 4.55 Å². The monoisotopic (exact) mass is 230 g/mol. The molecule has 82 valence electrons. The predicted octanol–water partition coefficient (Wildman–Crippen LogP) is 1.22. The van der Waals surface area contributed by atoms with Crippen molar-refractivity contribution in [3.63, 3.8) is 0 Å². The van der Waals surface area contributed by atoms with Crippen LogP contribution in [0, 0.1) is 0 Å². The average Bonchev–Trinajstić information content (AvgIpc) is 2.11. The molecule has 5 nitrogen and oxygen atoms in total. The van der Waals surface area contributed by atoms with Crippen LogP contribution in [0.5, 0.6) is 5.75 Å². The van der Waals surface area contributed by atoms with Crippen molar-refractivity contribution in [1.82, 2.24) is 0 Å². The molecule has 1 aromatic carbocycles. The Labute approximate surface area is 87.6 Å². The minimum Gasteiger partial charge on any atom is -0.508 e. The summed E-state index contributed by atoms with van der Waals surface area (Å²) in [5, 5.41) is 9.10. The third kappa shape index (κ3) is 5.16. The molecular formula is C9H10O5S. The molecule has 0 amide bonds. The second-order valence-electron chi connectivity index (χ2n) is 2.71. The Balaban J connectivity index is 2.52. The van der Waals surface area contributed by atoms with Crippen LogP contribution in [0.2, 0.25) is 0 Å². The second kappa shape index (κ2) is 4.92. The lowest BCUT2D eigenvalue weighted by molar-refractivity contribution is 0.297. The number of hydrogen-bond donors (Lipinski definition) is 2. The van der Waals surface area contributed by atoms with Gasteiger partial charge in [-0.2, -0.15) is 8.42 Å². The smallest absolute Gasteiger partial charge is 0.397 e. The molecule has 0 spiro atoms. The summed E-state index contributed by atoms with van der Waals surface area (Å²) in [6, 6.07) is 6.40. The van der Waals surface area contributed by atoms with Gasteiger partial charge in [0, 0.05) is 0 Å². The van der Waals surface area contributed by atoms with E-state index in [2.05, 4.69) is 4.18 Å². The van der Waals surface area contributed by atoms with Crippen molar-refractivity contribution in [2.24, 2.45) is 0 Å². The van der Waals surface area contributed by atoms with Crippen molar-refractivity contribution in [3.05, 3.63) is 35.9 Å². The number of phenolic OH excluding ortho intramolecular Hbond substituents is 1. The molecule has 0 heterocycles. The number of rotatable bonds is 4. The third-order valence-corrected chi connectivity index (χ3v) is 1.93. The van der Waals surface area contributed by atoms with Crippen molar-refractivity contribution in [1.29, 1.82) is 0 Å².